The Morgan fingerprint density at radius 2 is 1.95 bits per heavy atom. The van der Waals surface area contributed by atoms with Gasteiger partial charge in [-0.2, -0.15) is 0 Å². The second-order valence-electron chi connectivity index (χ2n) is 6.73. The van der Waals surface area contributed by atoms with Crippen molar-refractivity contribution in [3.63, 3.8) is 0 Å². The highest BCUT2D eigenvalue weighted by atomic mass is 15.2. The van der Waals surface area contributed by atoms with Crippen molar-refractivity contribution >= 4 is 5.95 Å². The van der Waals surface area contributed by atoms with Gasteiger partial charge < -0.3 is 10.2 Å². The average Bonchev–Trinajstić information content (AvgIpc) is 2.24. The largest absolute Gasteiger partial charge is 0.343 e. The smallest absolute Gasteiger partial charge is 0.225 e. The fourth-order valence-corrected chi connectivity index (χ4v) is 1.93. The molecule has 1 aromatic rings. The van der Waals surface area contributed by atoms with Crippen LogP contribution in [-0.4, -0.2) is 29.6 Å². The molecule has 1 heterocycles. The van der Waals surface area contributed by atoms with E-state index in [9.17, 15) is 0 Å². The number of hydrogen-bond acceptors (Lipinski definition) is 4. The molecule has 1 N–H and O–H groups in total. The first-order valence-corrected chi connectivity index (χ1v) is 6.96. The van der Waals surface area contributed by atoms with Crippen LogP contribution in [0.15, 0.2) is 6.20 Å². The summed E-state index contributed by atoms with van der Waals surface area (Å²) in [5.41, 5.74) is 2.46. The number of anilines is 1. The molecule has 108 valence electrons. The van der Waals surface area contributed by atoms with Gasteiger partial charge in [-0.25, -0.2) is 9.97 Å². The van der Waals surface area contributed by atoms with Crippen molar-refractivity contribution in [3.05, 3.63) is 17.5 Å². The summed E-state index contributed by atoms with van der Waals surface area (Å²) in [4.78, 5) is 11.2. The summed E-state index contributed by atoms with van der Waals surface area (Å²) in [6.45, 7) is 14.8. The Bertz CT molecular complexity index is 407. The maximum Gasteiger partial charge on any atom is 0.225 e. The summed E-state index contributed by atoms with van der Waals surface area (Å²) in [5.74, 6) is 0.806. The van der Waals surface area contributed by atoms with E-state index in [4.69, 9.17) is 0 Å². The van der Waals surface area contributed by atoms with Crippen LogP contribution in [0.1, 0.15) is 45.9 Å². The quantitative estimate of drug-likeness (QED) is 0.888. The maximum absolute atomic E-state index is 4.61. The topological polar surface area (TPSA) is 41.1 Å². The van der Waals surface area contributed by atoms with Crippen molar-refractivity contribution in [2.24, 2.45) is 5.41 Å². The van der Waals surface area contributed by atoms with Gasteiger partial charge in [-0.15, -0.1) is 0 Å². The van der Waals surface area contributed by atoms with Gasteiger partial charge in [0.05, 0.1) is 0 Å². The molecule has 0 atom stereocenters. The first-order valence-electron chi connectivity index (χ1n) is 6.96. The lowest BCUT2D eigenvalue weighted by molar-refractivity contribution is 0.416. The summed E-state index contributed by atoms with van der Waals surface area (Å²) < 4.78 is 0. The minimum absolute atomic E-state index is 0.240. The zero-order chi connectivity index (χ0) is 14.6. The minimum atomic E-state index is 0.240. The normalized spacial score (nSPS) is 12.0. The summed E-state index contributed by atoms with van der Waals surface area (Å²) in [7, 11) is 2.05. The van der Waals surface area contributed by atoms with Crippen LogP contribution in [0.4, 0.5) is 5.95 Å². The molecule has 0 aliphatic rings. The van der Waals surface area contributed by atoms with E-state index in [1.54, 1.807) is 0 Å². The number of aryl methyl sites for hydroxylation is 1. The molecule has 0 aliphatic carbocycles. The van der Waals surface area contributed by atoms with Crippen LogP contribution in [0.5, 0.6) is 0 Å². The first kappa shape index (κ1) is 15.9. The monoisotopic (exact) mass is 264 g/mol. The van der Waals surface area contributed by atoms with E-state index in [1.165, 1.54) is 5.56 Å². The predicted octanol–water partition coefficient (Wildman–Crippen LogP) is 2.77. The lowest BCUT2D eigenvalue weighted by Gasteiger charge is -2.26. The number of nitrogens with one attached hydrogen (secondary N) is 1. The van der Waals surface area contributed by atoms with Gasteiger partial charge in [-0.3, -0.25) is 0 Å². The highest BCUT2D eigenvalue weighted by Gasteiger charge is 2.16. The molecule has 19 heavy (non-hydrogen) atoms. The molecule has 0 saturated carbocycles. The Hall–Kier alpha value is -1.16. The van der Waals surface area contributed by atoms with Crippen LogP contribution in [0.2, 0.25) is 0 Å². The fraction of sp³-hybridized carbons (Fsp3) is 0.733. The standard InChI is InChI=1S/C15H28N4/c1-11(2)16-8-13-9-17-14(18-12(13)3)19(7)10-15(4,5)6/h9,11,16H,8,10H2,1-7H3. The third-order valence-electron chi connectivity index (χ3n) is 2.82. The molecule has 0 aliphatic heterocycles. The molecule has 0 aromatic carbocycles. The van der Waals surface area contributed by atoms with E-state index < -0.39 is 0 Å². The van der Waals surface area contributed by atoms with Gasteiger partial charge in [0, 0.05) is 43.6 Å². The predicted molar refractivity (Wildman–Crippen MR) is 81.5 cm³/mol. The summed E-state index contributed by atoms with van der Waals surface area (Å²) in [6, 6.07) is 0.475. The second-order valence-corrected chi connectivity index (χ2v) is 6.73. The second kappa shape index (κ2) is 6.33. The van der Waals surface area contributed by atoms with Crippen molar-refractivity contribution in [1.29, 1.82) is 0 Å². The van der Waals surface area contributed by atoms with E-state index in [1.807, 2.05) is 20.2 Å². The molecular formula is C15H28N4. The molecule has 0 bridgehead atoms. The van der Waals surface area contributed by atoms with Crippen LogP contribution in [0.25, 0.3) is 0 Å². The Kier molecular flexibility index (Phi) is 5.29. The number of nitrogens with zero attached hydrogens (tertiary/aromatic N) is 3. The lowest BCUT2D eigenvalue weighted by Crippen LogP contribution is -2.30. The minimum Gasteiger partial charge on any atom is -0.343 e. The molecule has 0 radical (unpaired) electrons. The SMILES string of the molecule is Cc1nc(N(C)CC(C)(C)C)ncc1CNC(C)C. The molecule has 1 rings (SSSR count). The van der Waals surface area contributed by atoms with Gasteiger partial charge in [-0.05, 0) is 12.3 Å². The van der Waals surface area contributed by atoms with Crippen molar-refractivity contribution in [2.45, 2.75) is 54.1 Å². The Labute approximate surface area is 117 Å². The van der Waals surface area contributed by atoms with E-state index in [-0.39, 0.29) is 5.41 Å². The van der Waals surface area contributed by atoms with E-state index in [0.717, 1.165) is 24.7 Å². The molecule has 0 unspecified atom stereocenters. The number of hydrogen-bond donors (Lipinski definition) is 1. The van der Waals surface area contributed by atoms with Crippen molar-refractivity contribution < 1.29 is 0 Å². The van der Waals surface area contributed by atoms with E-state index in [2.05, 4.69) is 54.8 Å². The lowest BCUT2D eigenvalue weighted by atomic mass is 9.96. The highest BCUT2D eigenvalue weighted by molar-refractivity contribution is 5.32. The van der Waals surface area contributed by atoms with Crippen LogP contribution in [-0.2, 0) is 6.54 Å². The van der Waals surface area contributed by atoms with E-state index >= 15 is 0 Å². The van der Waals surface area contributed by atoms with Crippen LogP contribution in [0, 0.1) is 12.3 Å². The van der Waals surface area contributed by atoms with Crippen LogP contribution >= 0.6 is 0 Å². The zero-order valence-electron chi connectivity index (χ0n) is 13.4. The van der Waals surface area contributed by atoms with Crippen molar-refractivity contribution in [1.82, 2.24) is 15.3 Å². The van der Waals surface area contributed by atoms with Gasteiger partial charge in [0.2, 0.25) is 5.95 Å². The van der Waals surface area contributed by atoms with Crippen LogP contribution in [0.3, 0.4) is 0 Å². The summed E-state index contributed by atoms with van der Waals surface area (Å²) >= 11 is 0. The van der Waals surface area contributed by atoms with Crippen molar-refractivity contribution in [2.75, 3.05) is 18.5 Å². The van der Waals surface area contributed by atoms with Gasteiger partial charge in [0.15, 0.2) is 0 Å². The van der Waals surface area contributed by atoms with Crippen molar-refractivity contribution in [3.8, 4) is 0 Å². The summed E-state index contributed by atoms with van der Waals surface area (Å²) in [5, 5.41) is 3.40. The van der Waals surface area contributed by atoms with E-state index in [0.29, 0.717) is 6.04 Å². The average molecular weight is 264 g/mol. The van der Waals surface area contributed by atoms with Gasteiger partial charge in [-0.1, -0.05) is 34.6 Å². The Morgan fingerprint density at radius 1 is 1.32 bits per heavy atom. The van der Waals surface area contributed by atoms with Gasteiger partial charge in [0.1, 0.15) is 0 Å². The van der Waals surface area contributed by atoms with Gasteiger partial charge in [0.25, 0.3) is 0 Å². The number of aromatic nitrogens is 2. The Morgan fingerprint density at radius 3 is 2.42 bits per heavy atom. The first-order chi connectivity index (χ1) is 8.69. The molecule has 0 amide bonds. The molecule has 0 spiro atoms. The Balaban J connectivity index is 2.76. The van der Waals surface area contributed by atoms with Gasteiger partial charge >= 0.3 is 0 Å². The fourth-order valence-electron chi connectivity index (χ4n) is 1.93. The molecule has 4 heteroatoms. The molecule has 0 fully saturated rings. The maximum atomic E-state index is 4.61. The highest BCUT2D eigenvalue weighted by Crippen LogP contribution is 2.18. The molecule has 1 aromatic heterocycles. The summed E-state index contributed by atoms with van der Waals surface area (Å²) in [6.07, 6.45) is 1.94. The molecular weight excluding hydrogens is 236 g/mol. The third-order valence-corrected chi connectivity index (χ3v) is 2.82. The molecule has 4 nitrogen and oxygen atoms in total. The number of rotatable bonds is 5. The third kappa shape index (κ3) is 5.55. The van der Waals surface area contributed by atoms with Crippen LogP contribution < -0.4 is 10.2 Å². The zero-order valence-corrected chi connectivity index (χ0v) is 13.4. The molecule has 0 saturated heterocycles.